The van der Waals surface area contributed by atoms with Crippen molar-refractivity contribution in [1.29, 1.82) is 0 Å². The molecular formula is C16H33Cl2N3O. The van der Waals surface area contributed by atoms with E-state index in [1.54, 1.807) is 0 Å². The SMILES string of the molecule is CC1CCN(C(C)CNC(=O)C2(N)CCCCC2)CC1.Cl.Cl. The lowest BCUT2D eigenvalue weighted by Gasteiger charge is -2.36. The highest BCUT2D eigenvalue weighted by atomic mass is 35.5. The number of carbonyl (C=O) groups excluding carboxylic acids is 1. The first-order chi connectivity index (χ1) is 9.51. The average molecular weight is 354 g/mol. The summed E-state index contributed by atoms with van der Waals surface area (Å²) < 4.78 is 0. The van der Waals surface area contributed by atoms with Gasteiger partial charge in [0.05, 0.1) is 5.54 Å². The molecule has 2 rings (SSSR count). The Kier molecular flexibility index (Phi) is 9.95. The van der Waals surface area contributed by atoms with Gasteiger partial charge in [0.25, 0.3) is 0 Å². The van der Waals surface area contributed by atoms with Gasteiger partial charge >= 0.3 is 0 Å². The van der Waals surface area contributed by atoms with Gasteiger partial charge in [-0.05, 0) is 51.6 Å². The van der Waals surface area contributed by atoms with Crippen LogP contribution in [0.15, 0.2) is 0 Å². The number of nitrogens with two attached hydrogens (primary N) is 1. The number of hydrogen-bond acceptors (Lipinski definition) is 3. The van der Waals surface area contributed by atoms with Gasteiger partial charge in [-0.2, -0.15) is 0 Å². The number of nitrogens with one attached hydrogen (secondary N) is 1. The van der Waals surface area contributed by atoms with E-state index in [0.29, 0.717) is 6.04 Å². The summed E-state index contributed by atoms with van der Waals surface area (Å²) in [5.41, 5.74) is 5.66. The van der Waals surface area contributed by atoms with Gasteiger partial charge in [0.1, 0.15) is 0 Å². The number of halogens is 2. The lowest BCUT2D eigenvalue weighted by atomic mass is 9.82. The molecule has 22 heavy (non-hydrogen) atoms. The van der Waals surface area contributed by atoms with Gasteiger partial charge < -0.3 is 11.1 Å². The van der Waals surface area contributed by atoms with E-state index < -0.39 is 5.54 Å². The minimum atomic E-state index is -0.603. The number of carbonyl (C=O) groups is 1. The van der Waals surface area contributed by atoms with E-state index in [-0.39, 0.29) is 30.7 Å². The fraction of sp³-hybridized carbons (Fsp3) is 0.938. The smallest absolute Gasteiger partial charge is 0.240 e. The van der Waals surface area contributed by atoms with Crippen LogP contribution in [-0.2, 0) is 4.79 Å². The van der Waals surface area contributed by atoms with Crippen molar-refractivity contribution in [1.82, 2.24) is 10.2 Å². The van der Waals surface area contributed by atoms with E-state index in [9.17, 15) is 4.79 Å². The Labute approximate surface area is 147 Å². The molecular weight excluding hydrogens is 321 g/mol. The van der Waals surface area contributed by atoms with E-state index in [4.69, 9.17) is 5.73 Å². The highest BCUT2D eigenvalue weighted by Crippen LogP contribution is 2.26. The first-order valence-electron chi connectivity index (χ1n) is 8.32. The second-order valence-electron chi connectivity index (χ2n) is 6.99. The molecule has 1 aliphatic heterocycles. The molecule has 3 N–H and O–H groups in total. The third-order valence-electron chi connectivity index (χ3n) is 5.20. The fourth-order valence-electron chi connectivity index (χ4n) is 3.42. The number of piperidine rings is 1. The van der Waals surface area contributed by atoms with Crippen molar-refractivity contribution in [3.05, 3.63) is 0 Å². The molecule has 1 aliphatic carbocycles. The number of hydrogen-bond donors (Lipinski definition) is 2. The van der Waals surface area contributed by atoms with E-state index in [2.05, 4.69) is 24.1 Å². The van der Waals surface area contributed by atoms with Crippen LogP contribution in [0, 0.1) is 5.92 Å². The summed E-state index contributed by atoms with van der Waals surface area (Å²) in [7, 11) is 0. The number of amides is 1. The first kappa shape index (κ1) is 22.0. The predicted molar refractivity (Wildman–Crippen MR) is 96.9 cm³/mol. The maximum absolute atomic E-state index is 12.3. The predicted octanol–water partition coefficient (Wildman–Crippen LogP) is 2.73. The number of likely N-dealkylation sites (tertiary alicyclic amines) is 1. The summed E-state index contributed by atoms with van der Waals surface area (Å²) in [6, 6.07) is 0.415. The zero-order valence-electron chi connectivity index (χ0n) is 14.0. The van der Waals surface area contributed by atoms with Crippen LogP contribution in [0.2, 0.25) is 0 Å². The summed E-state index contributed by atoms with van der Waals surface area (Å²) in [6.07, 6.45) is 7.63. The van der Waals surface area contributed by atoms with Crippen LogP contribution < -0.4 is 11.1 Å². The summed E-state index contributed by atoms with van der Waals surface area (Å²) in [5, 5.41) is 3.10. The second-order valence-corrected chi connectivity index (χ2v) is 6.99. The van der Waals surface area contributed by atoms with Gasteiger partial charge in [0.15, 0.2) is 0 Å². The topological polar surface area (TPSA) is 58.4 Å². The van der Waals surface area contributed by atoms with E-state index in [0.717, 1.165) is 51.2 Å². The zero-order chi connectivity index (χ0) is 14.6. The van der Waals surface area contributed by atoms with Gasteiger partial charge in [-0.25, -0.2) is 0 Å². The molecule has 0 aromatic carbocycles. The van der Waals surface area contributed by atoms with E-state index in [1.165, 1.54) is 19.3 Å². The molecule has 1 heterocycles. The summed E-state index contributed by atoms with van der Waals surface area (Å²) in [5.74, 6) is 0.914. The Morgan fingerprint density at radius 2 is 1.77 bits per heavy atom. The third-order valence-corrected chi connectivity index (χ3v) is 5.20. The summed E-state index contributed by atoms with van der Waals surface area (Å²) in [6.45, 7) is 7.58. The molecule has 1 unspecified atom stereocenters. The molecule has 0 radical (unpaired) electrons. The zero-order valence-corrected chi connectivity index (χ0v) is 15.6. The molecule has 0 spiro atoms. The number of rotatable bonds is 4. The Morgan fingerprint density at radius 1 is 1.23 bits per heavy atom. The van der Waals surface area contributed by atoms with Crippen LogP contribution in [-0.4, -0.2) is 42.0 Å². The van der Waals surface area contributed by atoms with Crippen LogP contribution in [0.1, 0.15) is 58.8 Å². The van der Waals surface area contributed by atoms with E-state index >= 15 is 0 Å². The Balaban J connectivity index is 0.00000220. The molecule has 0 aromatic heterocycles. The highest BCUT2D eigenvalue weighted by molar-refractivity contribution is 5.86. The van der Waals surface area contributed by atoms with Crippen molar-refractivity contribution in [3.63, 3.8) is 0 Å². The maximum atomic E-state index is 12.3. The standard InChI is InChI=1S/C16H31N3O.2ClH/c1-13-6-10-19(11-7-13)14(2)12-18-15(20)16(17)8-4-3-5-9-16;;/h13-14H,3-12,17H2,1-2H3,(H,18,20);2*1H. The highest BCUT2D eigenvalue weighted by Gasteiger charge is 2.35. The fourth-order valence-corrected chi connectivity index (χ4v) is 3.42. The van der Waals surface area contributed by atoms with Gasteiger partial charge in [0.2, 0.25) is 5.91 Å². The lowest BCUT2D eigenvalue weighted by molar-refractivity contribution is -0.127. The van der Waals surface area contributed by atoms with Gasteiger partial charge in [-0.3, -0.25) is 9.69 Å². The third kappa shape index (κ3) is 5.88. The molecule has 2 fully saturated rings. The quantitative estimate of drug-likeness (QED) is 0.816. The van der Waals surface area contributed by atoms with Gasteiger partial charge in [-0.1, -0.05) is 26.2 Å². The van der Waals surface area contributed by atoms with E-state index in [1.807, 2.05) is 0 Å². The van der Waals surface area contributed by atoms with Crippen molar-refractivity contribution in [3.8, 4) is 0 Å². The molecule has 2 aliphatic rings. The van der Waals surface area contributed by atoms with Crippen LogP contribution in [0.5, 0.6) is 0 Å². The van der Waals surface area contributed by atoms with Crippen molar-refractivity contribution < 1.29 is 4.79 Å². The molecule has 1 amide bonds. The molecule has 6 heteroatoms. The van der Waals surface area contributed by atoms with Crippen molar-refractivity contribution in [2.45, 2.75) is 70.4 Å². The maximum Gasteiger partial charge on any atom is 0.240 e. The lowest BCUT2D eigenvalue weighted by Crippen LogP contribution is -2.57. The van der Waals surface area contributed by atoms with Crippen LogP contribution >= 0.6 is 24.8 Å². The van der Waals surface area contributed by atoms with Crippen LogP contribution in [0.3, 0.4) is 0 Å². The number of nitrogens with zero attached hydrogens (tertiary/aromatic N) is 1. The van der Waals surface area contributed by atoms with Gasteiger partial charge in [-0.15, -0.1) is 24.8 Å². The molecule has 1 atom stereocenters. The molecule has 1 saturated carbocycles. The van der Waals surface area contributed by atoms with Crippen molar-refractivity contribution in [2.24, 2.45) is 11.7 Å². The molecule has 4 nitrogen and oxygen atoms in total. The average Bonchev–Trinajstić information content (AvgIpc) is 2.46. The van der Waals surface area contributed by atoms with Gasteiger partial charge in [0, 0.05) is 12.6 Å². The van der Waals surface area contributed by atoms with Crippen molar-refractivity contribution in [2.75, 3.05) is 19.6 Å². The minimum absolute atomic E-state index is 0. The summed E-state index contributed by atoms with van der Waals surface area (Å²) >= 11 is 0. The molecule has 132 valence electrons. The van der Waals surface area contributed by atoms with Crippen molar-refractivity contribution >= 4 is 30.7 Å². The second kappa shape index (κ2) is 9.96. The van der Waals surface area contributed by atoms with Crippen LogP contribution in [0.25, 0.3) is 0 Å². The molecule has 0 aromatic rings. The Morgan fingerprint density at radius 3 is 2.32 bits per heavy atom. The Bertz CT molecular complexity index is 327. The normalized spacial score (nSPS) is 23.8. The minimum Gasteiger partial charge on any atom is -0.353 e. The first-order valence-corrected chi connectivity index (χ1v) is 8.32. The Hall–Kier alpha value is -0.0300. The largest absolute Gasteiger partial charge is 0.353 e. The molecule has 0 bridgehead atoms. The monoisotopic (exact) mass is 353 g/mol. The molecule has 1 saturated heterocycles. The summed E-state index contributed by atoms with van der Waals surface area (Å²) in [4.78, 5) is 14.8. The van der Waals surface area contributed by atoms with Crippen LogP contribution in [0.4, 0.5) is 0 Å².